The van der Waals surface area contributed by atoms with Crippen molar-refractivity contribution in [1.82, 2.24) is 5.16 Å². The molecule has 4 nitrogen and oxygen atoms in total. The van der Waals surface area contributed by atoms with Gasteiger partial charge >= 0.3 is 5.97 Å². The van der Waals surface area contributed by atoms with Crippen LogP contribution < -0.4 is 0 Å². The van der Waals surface area contributed by atoms with E-state index < -0.39 is 5.97 Å². The molecule has 0 spiro atoms. The summed E-state index contributed by atoms with van der Waals surface area (Å²) in [6, 6.07) is 0. The van der Waals surface area contributed by atoms with Crippen LogP contribution in [-0.4, -0.2) is 16.2 Å². The molecule has 0 aromatic carbocycles. The number of aromatic nitrogens is 1. The summed E-state index contributed by atoms with van der Waals surface area (Å²) in [7, 11) is 0. The number of carbonyl (C=O) groups is 1. The fourth-order valence-corrected chi connectivity index (χ4v) is 2.06. The summed E-state index contributed by atoms with van der Waals surface area (Å²) in [6.45, 7) is 4.11. The standard InChI is InChI=1S/C10H13NO3/c1-10(2)5-3-4-6-7(9(12)13)11-14-8(6)10/h3-5H2,1-2H3,(H,12,13). The van der Waals surface area contributed by atoms with Gasteiger partial charge < -0.3 is 9.63 Å². The number of nitrogens with zero attached hydrogens (tertiary/aromatic N) is 1. The van der Waals surface area contributed by atoms with Gasteiger partial charge in [0.25, 0.3) is 0 Å². The lowest BCUT2D eigenvalue weighted by Crippen LogP contribution is -2.23. The van der Waals surface area contributed by atoms with E-state index in [2.05, 4.69) is 19.0 Å². The van der Waals surface area contributed by atoms with E-state index in [0.717, 1.165) is 30.6 Å². The minimum absolute atomic E-state index is 0.0751. The normalized spacial score (nSPS) is 19.0. The Morgan fingerprint density at radius 3 is 2.93 bits per heavy atom. The first-order valence-corrected chi connectivity index (χ1v) is 4.75. The number of fused-ring (bicyclic) bond motifs is 1. The molecule has 0 radical (unpaired) electrons. The summed E-state index contributed by atoms with van der Waals surface area (Å²) >= 11 is 0. The first kappa shape index (κ1) is 9.24. The van der Waals surface area contributed by atoms with Gasteiger partial charge in [-0.2, -0.15) is 0 Å². The van der Waals surface area contributed by atoms with Crippen LogP contribution in [0.1, 0.15) is 48.5 Å². The molecule has 1 aliphatic carbocycles. The minimum Gasteiger partial charge on any atom is -0.476 e. The molecule has 76 valence electrons. The quantitative estimate of drug-likeness (QED) is 0.744. The second-order valence-electron chi connectivity index (χ2n) is 4.38. The first-order chi connectivity index (χ1) is 6.52. The van der Waals surface area contributed by atoms with Gasteiger partial charge in [0.15, 0.2) is 5.69 Å². The van der Waals surface area contributed by atoms with E-state index >= 15 is 0 Å². The molecule has 1 heterocycles. The van der Waals surface area contributed by atoms with E-state index in [9.17, 15) is 4.79 Å². The van der Waals surface area contributed by atoms with Crippen LogP contribution in [0.5, 0.6) is 0 Å². The lowest BCUT2D eigenvalue weighted by atomic mass is 9.77. The maximum atomic E-state index is 10.8. The Hall–Kier alpha value is -1.32. The summed E-state index contributed by atoms with van der Waals surface area (Å²) < 4.78 is 5.13. The topological polar surface area (TPSA) is 63.3 Å². The maximum Gasteiger partial charge on any atom is 0.358 e. The Balaban J connectivity index is 2.53. The molecule has 1 aromatic heterocycles. The average Bonchev–Trinajstić information content (AvgIpc) is 2.48. The van der Waals surface area contributed by atoms with Gasteiger partial charge in [-0.05, 0) is 19.3 Å². The average molecular weight is 195 g/mol. The van der Waals surface area contributed by atoms with Crippen molar-refractivity contribution in [2.24, 2.45) is 0 Å². The van der Waals surface area contributed by atoms with Crippen molar-refractivity contribution in [3.63, 3.8) is 0 Å². The van der Waals surface area contributed by atoms with Crippen LogP contribution in [0.4, 0.5) is 0 Å². The summed E-state index contributed by atoms with van der Waals surface area (Å²) in [5.41, 5.74) is 0.801. The van der Waals surface area contributed by atoms with Gasteiger partial charge in [-0.25, -0.2) is 4.79 Å². The Kier molecular flexibility index (Phi) is 1.87. The zero-order valence-electron chi connectivity index (χ0n) is 8.33. The molecule has 0 amide bonds. The lowest BCUT2D eigenvalue weighted by Gasteiger charge is -2.26. The molecule has 1 aliphatic rings. The Labute approximate surface area is 81.9 Å². The predicted molar refractivity (Wildman–Crippen MR) is 49.4 cm³/mol. The molecule has 0 fully saturated rings. The van der Waals surface area contributed by atoms with Gasteiger partial charge in [0.1, 0.15) is 5.76 Å². The van der Waals surface area contributed by atoms with Crippen LogP contribution >= 0.6 is 0 Å². The zero-order chi connectivity index (χ0) is 10.3. The van der Waals surface area contributed by atoms with E-state index in [-0.39, 0.29) is 11.1 Å². The molecule has 0 aliphatic heterocycles. The maximum absolute atomic E-state index is 10.8. The molecule has 0 bridgehead atoms. The Bertz CT molecular complexity index is 379. The highest BCUT2D eigenvalue weighted by Gasteiger charge is 2.35. The molecular formula is C10H13NO3. The van der Waals surface area contributed by atoms with Crippen LogP contribution in [0, 0.1) is 0 Å². The summed E-state index contributed by atoms with van der Waals surface area (Å²) in [4.78, 5) is 10.8. The largest absolute Gasteiger partial charge is 0.476 e. The number of aromatic carboxylic acids is 1. The first-order valence-electron chi connectivity index (χ1n) is 4.75. The molecule has 0 saturated carbocycles. The Morgan fingerprint density at radius 1 is 1.57 bits per heavy atom. The lowest BCUT2D eigenvalue weighted by molar-refractivity contribution is 0.0684. The third-order valence-electron chi connectivity index (χ3n) is 2.83. The van der Waals surface area contributed by atoms with E-state index in [0.29, 0.717) is 0 Å². The van der Waals surface area contributed by atoms with Crippen molar-refractivity contribution < 1.29 is 14.4 Å². The van der Waals surface area contributed by atoms with Crippen molar-refractivity contribution >= 4 is 5.97 Å². The van der Waals surface area contributed by atoms with Crippen LogP contribution in [0.3, 0.4) is 0 Å². The molecular weight excluding hydrogens is 182 g/mol. The van der Waals surface area contributed by atoms with E-state index in [1.54, 1.807) is 0 Å². The van der Waals surface area contributed by atoms with Gasteiger partial charge in [0.05, 0.1) is 0 Å². The molecule has 4 heteroatoms. The number of rotatable bonds is 1. The minimum atomic E-state index is -0.993. The van der Waals surface area contributed by atoms with Gasteiger partial charge in [-0.1, -0.05) is 19.0 Å². The Morgan fingerprint density at radius 2 is 2.29 bits per heavy atom. The van der Waals surface area contributed by atoms with Gasteiger partial charge in [0.2, 0.25) is 0 Å². The molecule has 14 heavy (non-hydrogen) atoms. The van der Waals surface area contributed by atoms with Crippen molar-refractivity contribution in [3.8, 4) is 0 Å². The van der Waals surface area contributed by atoms with E-state index in [4.69, 9.17) is 9.63 Å². The van der Waals surface area contributed by atoms with E-state index in [1.165, 1.54) is 0 Å². The van der Waals surface area contributed by atoms with Crippen LogP contribution in [0.15, 0.2) is 4.52 Å². The molecule has 1 aromatic rings. The van der Waals surface area contributed by atoms with E-state index in [1.807, 2.05) is 0 Å². The molecule has 0 saturated heterocycles. The number of carboxylic acid groups (broad SMARTS) is 1. The van der Waals surface area contributed by atoms with Gasteiger partial charge in [0, 0.05) is 11.0 Å². The SMILES string of the molecule is CC1(C)CCCc2c(C(=O)O)noc21. The summed E-state index contributed by atoms with van der Waals surface area (Å²) in [5, 5.41) is 12.5. The van der Waals surface area contributed by atoms with Crippen LogP contribution in [0.25, 0.3) is 0 Å². The third-order valence-corrected chi connectivity index (χ3v) is 2.83. The fourth-order valence-electron chi connectivity index (χ4n) is 2.06. The summed E-state index contributed by atoms with van der Waals surface area (Å²) in [5.74, 6) is -0.242. The fraction of sp³-hybridized carbons (Fsp3) is 0.600. The van der Waals surface area contributed by atoms with Crippen molar-refractivity contribution in [1.29, 1.82) is 0 Å². The highest BCUT2D eigenvalue weighted by atomic mass is 16.5. The van der Waals surface area contributed by atoms with Crippen LogP contribution in [0.2, 0.25) is 0 Å². The monoisotopic (exact) mass is 195 g/mol. The molecule has 2 rings (SSSR count). The second kappa shape index (κ2) is 2.83. The molecule has 0 unspecified atom stereocenters. The predicted octanol–water partition coefficient (Wildman–Crippen LogP) is 1.99. The second-order valence-corrected chi connectivity index (χ2v) is 4.38. The highest BCUT2D eigenvalue weighted by molar-refractivity contribution is 5.87. The summed E-state index contributed by atoms with van der Waals surface area (Å²) in [6.07, 6.45) is 2.79. The smallest absolute Gasteiger partial charge is 0.358 e. The van der Waals surface area contributed by atoms with Crippen molar-refractivity contribution in [3.05, 3.63) is 17.0 Å². The van der Waals surface area contributed by atoms with Gasteiger partial charge in [-0.15, -0.1) is 0 Å². The zero-order valence-corrected chi connectivity index (χ0v) is 8.33. The molecule has 0 atom stereocenters. The van der Waals surface area contributed by atoms with Crippen molar-refractivity contribution in [2.75, 3.05) is 0 Å². The number of hydrogen-bond donors (Lipinski definition) is 1. The third kappa shape index (κ3) is 1.22. The van der Waals surface area contributed by atoms with Crippen molar-refractivity contribution in [2.45, 2.75) is 38.5 Å². The molecule has 1 N–H and O–H groups in total. The highest BCUT2D eigenvalue weighted by Crippen LogP contribution is 2.37. The number of hydrogen-bond acceptors (Lipinski definition) is 3. The number of carboxylic acids is 1. The van der Waals surface area contributed by atoms with Gasteiger partial charge in [-0.3, -0.25) is 0 Å². The van der Waals surface area contributed by atoms with Crippen LogP contribution in [-0.2, 0) is 11.8 Å².